The number of anilines is 2. The summed E-state index contributed by atoms with van der Waals surface area (Å²) in [6, 6.07) is 10.2. The van der Waals surface area contributed by atoms with Crippen molar-refractivity contribution in [2.24, 2.45) is 16.1 Å². The minimum absolute atomic E-state index is 0.0214. The predicted octanol–water partition coefficient (Wildman–Crippen LogP) is 3.76. The number of benzene rings is 1. The molecule has 0 aliphatic heterocycles. The van der Waals surface area contributed by atoms with Gasteiger partial charge in [-0.15, -0.1) is 10.2 Å². The predicted molar refractivity (Wildman–Crippen MR) is 91.3 cm³/mol. The molecule has 0 saturated heterocycles. The summed E-state index contributed by atoms with van der Waals surface area (Å²) in [4.78, 5) is 16.1. The molecule has 0 atom stereocenters. The van der Waals surface area contributed by atoms with E-state index in [0.29, 0.717) is 22.9 Å². The number of aromatic nitrogens is 1. The molecule has 0 spiro atoms. The second kappa shape index (κ2) is 7.08. The third-order valence-electron chi connectivity index (χ3n) is 3.95. The number of azo groups is 1. The molecule has 4 N–H and O–H groups in total. The largest absolute Gasteiger partial charge is 0.424 e. The van der Waals surface area contributed by atoms with Crippen molar-refractivity contribution in [2.45, 2.75) is 25.7 Å². The summed E-state index contributed by atoms with van der Waals surface area (Å²) in [6.07, 6.45) is 3.92. The molecule has 1 heterocycles. The van der Waals surface area contributed by atoms with Crippen LogP contribution in [0.15, 0.2) is 46.6 Å². The molecule has 7 nitrogen and oxygen atoms in total. The monoisotopic (exact) mass is 325 g/mol. The first kappa shape index (κ1) is 15.9. The van der Waals surface area contributed by atoms with Gasteiger partial charge in [-0.05, 0) is 37.1 Å². The average molecular weight is 325 g/mol. The van der Waals surface area contributed by atoms with Gasteiger partial charge in [0.1, 0.15) is 17.2 Å². The van der Waals surface area contributed by atoms with Crippen LogP contribution in [0.1, 0.15) is 25.7 Å². The minimum atomic E-state index is -0.205. The summed E-state index contributed by atoms with van der Waals surface area (Å²) in [7, 11) is 0. The van der Waals surface area contributed by atoms with Crippen molar-refractivity contribution >= 4 is 29.0 Å². The lowest BCUT2D eigenvalue weighted by atomic mass is 10.1. The van der Waals surface area contributed by atoms with E-state index in [4.69, 9.17) is 16.2 Å². The molecule has 0 amide bonds. The number of pyridine rings is 1. The smallest absolute Gasteiger partial charge is 0.314 e. The molecule has 124 valence electrons. The van der Waals surface area contributed by atoms with Gasteiger partial charge in [0.25, 0.3) is 0 Å². The van der Waals surface area contributed by atoms with Crippen LogP contribution in [0.3, 0.4) is 0 Å². The summed E-state index contributed by atoms with van der Waals surface area (Å²) >= 11 is 0. The van der Waals surface area contributed by atoms with Crippen LogP contribution in [0.25, 0.3) is 0 Å². The Bertz CT molecular complexity index is 769. The SMILES string of the molecule is Nc1ccc(/N=N/c2ccccc2OC(=O)C2CCCC2)c(N)n1. The van der Waals surface area contributed by atoms with E-state index < -0.39 is 0 Å². The van der Waals surface area contributed by atoms with Gasteiger partial charge in [-0.3, -0.25) is 4.79 Å². The summed E-state index contributed by atoms with van der Waals surface area (Å²) in [5.74, 6) is 0.674. The van der Waals surface area contributed by atoms with Gasteiger partial charge in [0, 0.05) is 0 Å². The first-order valence-electron chi connectivity index (χ1n) is 7.88. The van der Waals surface area contributed by atoms with Crippen molar-refractivity contribution in [3.05, 3.63) is 36.4 Å². The van der Waals surface area contributed by atoms with Crippen LogP contribution in [0, 0.1) is 5.92 Å². The minimum Gasteiger partial charge on any atom is -0.424 e. The fraction of sp³-hybridized carbons (Fsp3) is 0.294. The number of carbonyl (C=O) groups excluding carboxylic acids is 1. The Hall–Kier alpha value is -2.96. The zero-order valence-electron chi connectivity index (χ0n) is 13.2. The van der Waals surface area contributed by atoms with E-state index in [9.17, 15) is 4.79 Å². The fourth-order valence-corrected chi connectivity index (χ4v) is 2.65. The topological polar surface area (TPSA) is 116 Å². The van der Waals surface area contributed by atoms with Gasteiger partial charge in [-0.25, -0.2) is 4.98 Å². The number of hydrogen-bond donors (Lipinski definition) is 2. The van der Waals surface area contributed by atoms with Crippen molar-refractivity contribution in [1.29, 1.82) is 0 Å². The third-order valence-corrected chi connectivity index (χ3v) is 3.95. The molecule has 3 rings (SSSR count). The van der Waals surface area contributed by atoms with Gasteiger partial charge in [0.15, 0.2) is 11.6 Å². The summed E-state index contributed by atoms with van der Waals surface area (Å²) < 4.78 is 5.51. The van der Waals surface area contributed by atoms with Crippen LogP contribution in [0.5, 0.6) is 5.75 Å². The number of nitrogens with two attached hydrogens (primary N) is 2. The van der Waals surface area contributed by atoms with Crippen LogP contribution in [-0.4, -0.2) is 11.0 Å². The van der Waals surface area contributed by atoms with Crippen LogP contribution >= 0.6 is 0 Å². The van der Waals surface area contributed by atoms with Crippen LogP contribution in [-0.2, 0) is 4.79 Å². The summed E-state index contributed by atoms with van der Waals surface area (Å²) in [5, 5.41) is 8.21. The van der Waals surface area contributed by atoms with E-state index in [1.807, 2.05) is 0 Å². The van der Waals surface area contributed by atoms with Crippen LogP contribution in [0.2, 0.25) is 0 Å². The van der Waals surface area contributed by atoms with Crippen molar-refractivity contribution in [2.75, 3.05) is 11.5 Å². The van der Waals surface area contributed by atoms with Gasteiger partial charge >= 0.3 is 5.97 Å². The van der Waals surface area contributed by atoms with Gasteiger partial charge in [-0.2, -0.15) is 0 Å². The molecule has 0 bridgehead atoms. The number of carbonyl (C=O) groups is 1. The maximum atomic E-state index is 12.2. The van der Waals surface area contributed by atoms with Crippen molar-refractivity contribution in [1.82, 2.24) is 4.98 Å². The van der Waals surface area contributed by atoms with E-state index in [-0.39, 0.29) is 17.7 Å². The van der Waals surface area contributed by atoms with E-state index in [0.717, 1.165) is 25.7 Å². The zero-order chi connectivity index (χ0) is 16.9. The molecule has 2 aromatic rings. The lowest BCUT2D eigenvalue weighted by Crippen LogP contribution is -2.17. The summed E-state index contributed by atoms with van der Waals surface area (Å²) in [5.41, 5.74) is 12.2. The maximum absolute atomic E-state index is 12.2. The number of esters is 1. The zero-order valence-corrected chi connectivity index (χ0v) is 13.2. The molecule has 1 aliphatic carbocycles. The number of rotatable bonds is 4. The molecule has 1 aliphatic rings. The lowest BCUT2D eigenvalue weighted by Gasteiger charge is -2.10. The Morgan fingerprint density at radius 3 is 2.50 bits per heavy atom. The molecule has 1 aromatic carbocycles. The lowest BCUT2D eigenvalue weighted by molar-refractivity contribution is -0.138. The number of nitrogens with zero attached hydrogens (tertiary/aromatic N) is 3. The summed E-state index contributed by atoms with van der Waals surface area (Å²) in [6.45, 7) is 0. The van der Waals surface area contributed by atoms with E-state index in [1.54, 1.807) is 36.4 Å². The van der Waals surface area contributed by atoms with Crippen molar-refractivity contribution in [3.8, 4) is 5.75 Å². The Morgan fingerprint density at radius 1 is 1.04 bits per heavy atom. The van der Waals surface area contributed by atoms with E-state index >= 15 is 0 Å². The second-order valence-electron chi connectivity index (χ2n) is 5.71. The van der Waals surface area contributed by atoms with Gasteiger partial charge in [-0.1, -0.05) is 25.0 Å². The standard InChI is InChI=1S/C17H19N5O2/c18-15-10-9-13(16(19)20-15)22-21-12-7-3-4-8-14(12)24-17(23)11-5-1-2-6-11/h3-4,7-11H,1-2,5-6H2,(H4,18,19,20)/b22-21+. The molecule has 0 unspecified atom stereocenters. The molecule has 7 heteroatoms. The third kappa shape index (κ3) is 3.68. The van der Waals surface area contributed by atoms with Crippen LogP contribution in [0.4, 0.5) is 23.0 Å². The molecule has 1 fully saturated rings. The maximum Gasteiger partial charge on any atom is 0.314 e. The van der Waals surface area contributed by atoms with Crippen molar-refractivity contribution < 1.29 is 9.53 Å². The highest BCUT2D eigenvalue weighted by Gasteiger charge is 2.25. The molecule has 1 aromatic heterocycles. The highest BCUT2D eigenvalue weighted by Crippen LogP contribution is 2.32. The molecule has 1 saturated carbocycles. The Labute approximate surface area is 139 Å². The van der Waals surface area contributed by atoms with Crippen molar-refractivity contribution in [3.63, 3.8) is 0 Å². The number of nitrogen functional groups attached to an aromatic ring is 2. The fourth-order valence-electron chi connectivity index (χ4n) is 2.65. The number of para-hydroxylation sites is 1. The highest BCUT2D eigenvalue weighted by atomic mass is 16.5. The Balaban J connectivity index is 1.78. The average Bonchev–Trinajstić information content (AvgIpc) is 3.10. The van der Waals surface area contributed by atoms with Gasteiger partial charge < -0.3 is 16.2 Å². The molecule has 0 radical (unpaired) electrons. The highest BCUT2D eigenvalue weighted by molar-refractivity contribution is 5.77. The molecular formula is C17H19N5O2. The Kier molecular flexibility index (Phi) is 4.69. The van der Waals surface area contributed by atoms with Gasteiger partial charge in [0.05, 0.1) is 5.92 Å². The first-order chi connectivity index (χ1) is 11.6. The van der Waals surface area contributed by atoms with Crippen LogP contribution < -0.4 is 16.2 Å². The Morgan fingerprint density at radius 2 is 1.75 bits per heavy atom. The molecular weight excluding hydrogens is 306 g/mol. The normalized spacial score (nSPS) is 15.0. The van der Waals surface area contributed by atoms with E-state index in [1.165, 1.54) is 0 Å². The van der Waals surface area contributed by atoms with Gasteiger partial charge in [0.2, 0.25) is 0 Å². The quantitative estimate of drug-likeness (QED) is 0.504. The number of ether oxygens (including phenoxy) is 1. The number of hydrogen-bond acceptors (Lipinski definition) is 7. The van der Waals surface area contributed by atoms with E-state index in [2.05, 4.69) is 15.2 Å². The molecule has 24 heavy (non-hydrogen) atoms. The first-order valence-corrected chi connectivity index (χ1v) is 7.88. The second-order valence-corrected chi connectivity index (χ2v) is 5.71.